The summed E-state index contributed by atoms with van der Waals surface area (Å²) in [4.78, 5) is 16.0. The lowest BCUT2D eigenvalue weighted by Crippen LogP contribution is -2.27. The predicted octanol–water partition coefficient (Wildman–Crippen LogP) is 3.84. The number of hydrogen-bond acceptors (Lipinski definition) is 4. The van der Waals surface area contributed by atoms with Crippen molar-refractivity contribution in [1.29, 1.82) is 0 Å². The molecule has 31 heavy (non-hydrogen) atoms. The molecule has 3 aromatic rings. The molecule has 0 radical (unpaired) electrons. The van der Waals surface area contributed by atoms with Gasteiger partial charge in [0.1, 0.15) is 11.6 Å². The maximum absolute atomic E-state index is 13.0. The monoisotopic (exact) mass is 472 g/mol. The molecular weight excluding hydrogens is 457 g/mol. The number of hydrogen-bond donors (Lipinski definition) is 2. The first-order valence-corrected chi connectivity index (χ1v) is 10.7. The highest BCUT2D eigenvalue weighted by Crippen LogP contribution is 2.23. The van der Waals surface area contributed by atoms with E-state index >= 15 is 0 Å². The summed E-state index contributed by atoms with van der Waals surface area (Å²) in [7, 11) is -4.08. The Labute approximate surface area is 180 Å². The van der Waals surface area contributed by atoms with Crippen LogP contribution in [0.1, 0.15) is 22.7 Å². The Morgan fingerprint density at radius 3 is 2.55 bits per heavy atom. The van der Waals surface area contributed by atoms with Crippen LogP contribution in [-0.2, 0) is 16.4 Å². The second kappa shape index (κ2) is 9.40. The molecule has 0 saturated heterocycles. The predicted molar refractivity (Wildman–Crippen MR) is 108 cm³/mol. The number of carbonyl (C=O) groups excluding carboxylic acids is 1. The summed E-state index contributed by atoms with van der Waals surface area (Å²) in [5, 5.41) is 2.51. The van der Waals surface area contributed by atoms with Crippen LogP contribution in [0.5, 0.6) is 0 Å². The fraction of sp³-hybridized carbons (Fsp3) is 0.158. The average molecular weight is 473 g/mol. The number of imidazole rings is 1. The first-order chi connectivity index (χ1) is 14.7. The molecule has 2 N–H and O–H groups in total. The van der Waals surface area contributed by atoms with Crippen molar-refractivity contribution in [2.24, 2.45) is 0 Å². The van der Waals surface area contributed by atoms with Crippen LogP contribution >= 0.6 is 11.6 Å². The van der Waals surface area contributed by atoms with E-state index in [-0.39, 0.29) is 40.0 Å². The van der Waals surface area contributed by atoms with Crippen molar-refractivity contribution < 1.29 is 26.4 Å². The van der Waals surface area contributed by atoms with E-state index in [0.717, 1.165) is 24.4 Å². The van der Waals surface area contributed by atoms with E-state index in [9.17, 15) is 26.4 Å². The average Bonchev–Trinajstić information content (AvgIpc) is 3.18. The summed E-state index contributed by atoms with van der Waals surface area (Å²) in [6, 6.07) is 8.24. The van der Waals surface area contributed by atoms with Gasteiger partial charge < -0.3 is 5.32 Å². The Kier molecular flexibility index (Phi) is 6.86. The Balaban J connectivity index is 1.71. The van der Waals surface area contributed by atoms with Gasteiger partial charge in [0.05, 0.1) is 15.5 Å². The summed E-state index contributed by atoms with van der Waals surface area (Å²) in [6.07, 6.45) is 2.38. The van der Waals surface area contributed by atoms with Crippen LogP contribution in [0.2, 0.25) is 5.02 Å². The molecule has 0 fully saturated rings. The van der Waals surface area contributed by atoms with Crippen LogP contribution in [0.4, 0.5) is 18.9 Å². The molecule has 0 unspecified atom stereocenters. The van der Waals surface area contributed by atoms with Gasteiger partial charge in [-0.2, -0.15) is 8.78 Å². The Hall–Kier alpha value is -3.05. The van der Waals surface area contributed by atoms with Gasteiger partial charge in [-0.25, -0.2) is 17.8 Å². The summed E-state index contributed by atoms with van der Waals surface area (Å²) in [6.45, 7) is -2.78. The minimum atomic E-state index is -4.08. The third-order valence-electron chi connectivity index (χ3n) is 4.18. The molecule has 2 aromatic carbocycles. The number of carbonyl (C=O) groups is 1. The van der Waals surface area contributed by atoms with E-state index < -0.39 is 28.3 Å². The number of nitrogens with one attached hydrogen (secondary N) is 2. The number of alkyl halides is 2. The zero-order chi connectivity index (χ0) is 22.6. The highest BCUT2D eigenvalue weighted by atomic mass is 35.5. The molecule has 0 aliphatic carbocycles. The van der Waals surface area contributed by atoms with Gasteiger partial charge in [0.2, 0.25) is 0 Å². The van der Waals surface area contributed by atoms with Gasteiger partial charge in [-0.3, -0.25) is 14.1 Å². The molecule has 0 aliphatic heterocycles. The van der Waals surface area contributed by atoms with Crippen molar-refractivity contribution in [3.05, 3.63) is 77.1 Å². The minimum absolute atomic E-state index is 0.00677. The lowest BCUT2D eigenvalue weighted by molar-refractivity contribution is 0.0670. The maximum atomic E-state index is 13.0. The normalized spacial score (nSPS) is 11.5. The number of nitrogens with zero attached hydrogens (tertiary/aromatic N) is 2. The van der Waals surface area contributed by atoms with Gasteiger partial charge in [-0.15, -0.1) is 0 Å². The van der Waals surface area contributed by atoms with Crippen molar-refractivity contribution in [1.82, 2.24) is 14.9 Å². The first-order valence-electron chi connectivity index (χ1n) is 8.83. The molecule has 1 aromatic heterocycles. The molecule has 164 valence electrons. The van der Waals surface area contributed by atoms with Crippen LogP contribution in [-0.4, -0.2) is 30.4 Å². The number of halogens is 4. The van der Waals surface area contributed by atoms with Crippen molar-refractivity contribution >= 4 is 33.2 Å². The minimum Gasteiger partial charge on any atom is -0.352 e. The molecule has 1 heterocycles. The van der Waals surface area contributed by atoms with Gasteiger partial charge in [0.25, 0.3) is 15.9 Å². The van der Waals surface area contributed by atoms with Gasteiger partial charge in [0.15, 0.2) is 0 Å². The highest BCUT2D eigenvalue weighted by Gasteiger charge is 2.19. The van der Waals surface area contributed by atoms with Crippen LogP contribution in [0.25, 0.3) is 0 Å². The molecule has 1 amide bonds. The number of amides is 1. The van der Waals surface area contributed by atoms with Gasteiger partial charge in [-0.05, 0) is 42.5 Å². The zero-order valence-electron chi connectivity index (χ0n) is 15.7. The van der Waals surface area contributed by atoms with E-state index in [1.54, 1.807) is 0 Å². The Morgan fingerprint density at radius 2 is 1.87 bits per heavy atom. The van der Waals surface area contributed by atoms with Crippen LogP contribution in [0.3, 0.4) is 0 Å². The quantitative estimate of drug-likeness (QED) is 0.521. The molecule has 12 heteroatoms. The topological polar surface area (TPSA) is 93.1 Å². The molecule has 3 rings (SSSR count). The van der Waals surface area contributed by atoms with E-state index in [1.807, 2.05) is 0 Å². The third kappa shape index (κ3) is 5.56. The fourth-order valence-corrected chi connectivity index (χ4v) is 3.96. The number of benzene rings is 2. The number of rotatable bonds is 8. The fourth-order valence-electron chi connectivity index (χ4n) is 2.68. The van der Waals surface area contributed by atoms with E-state index in [2.05, 4.69) is 15.0 Å². The molecule has 0 spiro atoms. The van der Waals surface area contributed by atoms with Gasteiger partial charge in [0, 0.05) is 31.0 Å². The van der Waals surface area contributed by atoms with Crippen LogP contribution in [0, 0.1) is 5.82 Å². The molecular formula is C19H16ClF3N4O3S. The lowest BCUT2D eigenvalue weighted by atomic mass is 10.2. The summed E-state index contributed by atoms with van der Waals surface area (Å²) >= 11 is 6.03. The Bertz CT molecular complexity index is 1180. The van der Waals surface area contributed by atoms with Crippen molar-refractivity contribution in [2.75, 3.05) is 11.3 Å². The molecule has 7 nitrogen and oxygen atoms in total. The summed E-state index contributed by atoms with van der Waals surface area (Å²) in [5.74, 6) is -1.12. The molecule has 0 bridgehead atoms. The van der Waals surface area contributed by atoms with Crippen LogP contribution in [0.15, 0.2) is 59.8 Å². The van der Waals surface area contributed by atoms with Crippen LogP contribution < -0.4 is 10.0 Å². The van der Waals surface area contributed by atoms with E-state index in [4.69, 9.17) is 11.6 Å². The number of anilines is 1. The van der Waals surface area contributed by atoms with Gasteiger partial charge in [-0.1, -0.05) is 11.6 Å². The van der Waals surface area contributed by atoms with E-state index in [1.165, 1.54) is 30.5 Å². The largest absolute Gasteiger partial charge is 0.352 e. The molecule has 0 aliphatic rings. The highest BCUT2D eigenvalue weighted by molar-refractivity contribution is 7.92. The smallest absolute Gasteiger partial charge is 0.319 e. The zero-order valence-corrected chi connectivity index (χ0v) is 17.3. The molecule has 0 saturated carbocycles. The van der Waals surface area contributed by atoms with Crippen molar-refractivity contribution in [3.8, 4) is 0 Å². The maximum Gasteiger partial charge on any atom is 0.319 e. The van der Waals surface area contributed by atoms with E-state index in [0.29, 0.717) is 4.57 Å². The second-order valence-corrected chi connectivity index (χ2v) is 8.38. The SMILES string of the molecule is O=C(NCCc1nccn1C(F)F)c1cc(S(=O)(=O)Nc2ccc(F)cc2)ccc1Cl. The third-order valence-corrected chi connectivity index (χ3v) is 5.89. The lowest BCUT2D eigenvalue weighted by Gasteiger charge is -2.11. The summed E-state index contributed by atoms with van der Waals surface area (Å²) in [5.41, 5.74) is 0.0257. The van der Waals surface area contributed by atoms with Crippen molar-refractivity contribution in [3.63, 3.8) is 0 Å². The summed E-state index contributed by atoms with van der Waals surface area (Å²) < 4.78 is 66.8. The standard InChI is InChI=1S/C19H16ClF3N4O3S/c20-16-6-5-14(31(29,30)26-13-3-1-12(21)2-4-13)11-15(16)18(28)25-8-7-17-24-9-10-27(17)19(22)23/h1-6,9-11,19,26H,7-8H2,(H,25,28). The van der Waals surface area contributed by atoms with Gasteiger partial charge >= 0.3 is 6.55 Å². The number of sulfonamides is 1. The van der Waals surface area contributed by atoms with Crippen molar-refractivity contribution in [2.45, 2.75) is 17.9 Å². The number of aromatic nitrogens is 2. The Morgan fingerprint density at radius 1 is 1.16 bits per heavy atom. The first kappa shape index (κ1) is 22.6. The molecule has 0 atom stereocenters. The second-order valence-electron chi connectivity index (χ2n) is 6.29.